The highest BCUT2D eigenvalue weighted by Gasteiger charge is 2.57. The molecule has 6 rings (SSSR count). The van der Waals surface area contributed by atoms with Gasteiger partial charge in [-0.3, -0.25) is 19.5 Å². The molecule has 2 aliphatic heterocycles. The highest BCUT2D eigenvalue weighted by atomic mass is 19.4. The zero-order valence-electron chi connectivity index (χ0n) is 19.9. The lowest BCUT2D eigenvalue weighted by Gasteiger charge is -2.34. The number of carbonyl (C=O) groups is 2. The fraction of sp³-hybridized carbons (Fsp3) is 0.464. The van der Waals surface area contributed by atoms with Gasteiger partial charge in [0.15, 0.2) is 0 Å². The third-order valence-electron chi connectivity index (χ3n) is 7.92. The summed E-state index contributed by atoms with van der Waals surface area (Å²) in [6, 6.07) is 12.6. The van der Waals surface area contributed by atoms with Crippen molar-refractivity contribution in [2.24, 2.45) is 16.8 Å². The SMILES string of the molecule is O=C(C1CC1)N1CCC(CN2C(=O)C3(CC3)N=C2c2ccc(-c3ccc(C(F)(F)F)cc3)cc2)CC1. The van der Waals surface area contributed by atoms with Crippen molar-refractivity contribution >= 4 is 17.6 Å². The van der Waals surface area contributed by atoms with Crippen molar-refractivity contribution in [1.29, 1.82) is 0 Å². The van der Waals surface area contributed by atoms with E-state index in [1.54, 1.807) is 0 Å². The molecule has 2 amide bonds. The standard InChI is InChI=1S/C28H28F3N3O2/c29-28(30,31)23-9-7-20(8-10-23)19-1-3-21(4-2-19)24-32-27(13-14-27)26(36)34(24)17-18-11-15-33(16-12-18)25(35)22-5-6-22/h1-4,7-10,18,22H,5-6,11-17H2. The van der Waals surface area contributed by atoms with E-state index in [4.69, 9.17) is 4.99 Å². The Bertz CT molecular complexity index is 1200. The van der Waals surface area contributed by atoms with Crippen LogP contribution in [0.4, 0.5) is 13.2 Å². The van der Waals surface area contributed by atoms with E-state index < -0.39 is 17.3 Å². The smallest absolute Gasteiger partial charge is 0.342 e. The van der Waals surface area contributed by atoms with Crippen LogP contribution in [0, 0.1) is 11.8 Å². The molecule has 1 spiro atoms. The number of amides is 2. The fourth-order valence-corrected chi connectivity index (χ4v) is 5.34. The molecule has 0 atom stereocenters. The van der Waals surface area contributed by atoms with Gasteiger partial charge in [-0.25, -0.2) is 0 Å². The molecule has 3 fully saturated rings. The van der Waals surface area contributed by atoms with E-state index >= 15 is 0 Å². The number of nitrogens with zero attached hydrogens (tertiary/aromatic N) is 3. The zero-order valence-corrected chi connectivity index (χ0v) is 19.9. The third kappa shape index (κ3) is 4.31. The van der Waals surface area contributed by atoms with E-state index in [0.717, 1.165) is 74.9 Å². The highest BCUT2D eigenvalue weighted by Crippen LogP contribution is 2.46. The van der Waals surface area contributed by atoms with E-state index in [9.17, 15) is 22.8 Å². The molecule has 5 nitrogen and oxygen atoms in total. The lowest BCUT2D eigenvalue weighted by molar-refractivity contribution is -0.137. The normalized spacial score (nSPS) is 21.8. The molecular formula is C28H28F3N3O2. The second-order valence-electron chi connectivity index (χ2n) is 10.6. The molecule has 36 heavy (non-hydrogen) atoms. The maximum Gasteiger partial charge on any atom is 0.416 e. The van der Waals surface area contributed by atoms with Gasteiger partial charge in [0, 0.05) is 31.1 Å². The Morgan fingerprint density at radius 2 is 1.44 bits per heavy atom. The molecule has 2 aromatic rings. The summed E-state index contributed by atoms with van der Waals surface area (Å²) >= 11 is 0. The summed E-state index contributed by atoms with van der Waals surface area (Å²) in [6.45, 7) is 2.11. The van der Waals surface area contributed by atoms with Crippen LogP contribution in [0.25, 0.3) is 11.1 Å². The number of benzene rings is 2. The van der Waals surface area contributed by atoms with Crippen LogP contribution in [0.2, 0.25) is 0 Å². The first kappa shape index (κ1) is 23.3. The molecule has 0 bridgehead atoms. The molecular weight excluding hydrogens is 467 g/mol. The second-order valence-corrected chi connectivity index (χ2v) is 10.6. The lowest BCUT2D eigenvalue weighted by Crippen LogP contribution is -2.45. The molecule has 188 valence electrons. The van der Waals surface area contributed by atoms with E-state index in [1.165, 1.54) is 12.1 Å². The number of hydrogen-bond acceptors (Lipinski definition) is 3. The van der Waals surface area contributed by atoms with E-state index in [1.807, 2.05) is 34.1 Å². The Hall–Kier alpha value is -3.16. The number of likely N-dealkylation sites (tertiary alicyclic amines) is 1. The van der Waals surface area contributed by atoms with Gasteiger partial charge in [0.05, 0.1) is 5.56 Å². The molecule has 0 unspecified atom stereocenters. The summed E-state index contributed by atoms with van der Waals surface area (Å²) in [4.78, 5) is 34.3. The first-order valence-corrected chi connectivity index (χ1v) is 12.7. The van der Waals surface area contributed by atoms with Gasteiger partial charge in [0.25, 0.3) is 5.91 Å². The maximum atomic E-state index is 13.3. The van der Waals surface area contributed by atoms with Crippen LogP contribution < -0.4 is 0 Å². The maximum absolute atomic E-state index is 13.3. The largest absolute Gasteiger partial charge is 0.416 e. The van der Waals surface area contributed by atoms with Crippen molar-refractivity contribution in [1.82, 2.24) is 9.80 Å². The molecule has 2 aliphatic carbocycles. The summed E-state index contributed by atoms with van der Waals surface area (Å²) < 4.78 is 38.6. The van der Waals surface area contributed by atoms with Gasteiger partial charge in [0.2, 0.25) is 5.91 Å². The molecule has 2 heterocycles. The summed E-state index contributed by atoms with van der Waals surface area (Å²) in [5, 5.41) is 0. The number of halogens is 3. The third-order valence-corrected chi connectivity index (χ3v) is 7.92. The number of piperidine rings is 1. The van der Waals surface area contributed by atoms with Crippen molar-refractivity contribution in [3.63, 3.8) is 0 Å². The minimum absolute atomic E-state index is 0.0702. The van der Waals surface area contributed by atoms with Crippen molar-refractivity contribution < 1.29 is 22.8 Å². The molecule has 0 aromatic heterocycles. The van der Waals surface area contributed by atoms with Crippen LogP contribution in [-0.4, -0.2) is 52.6 Å². The van der Waals surface area contributed by atoms with Crippen molar-refractivity contribution in [2.75, 3.05) is 19.6 Å². The van der Waals surface area contributed by atoms with E-state index in [-0.39, 0.29) is 17.7 Å². The number of alkyl halides is 3. The molecule has 8 heteroatoms. The highest BCUT2D eigenvalue weighted by molar-refractivity contribution is 6.16. The predicted octanol–water partition coefficient (Wildman–Crippen LogP) is 5.14. The van der Waals surface area contributed by atoms with Gasteiger partial charge in [0.1, 0.15) is 11.4 Å². The second kappa shape index (κ2) is 8.46. The minimum atomic E-state index is -4.36. The van der Waals surface area contributed by atoms with Crippen LogP contribution in [0.15, 0.2) is 53.5 Å². The Morgan fingerprint density at radius 3 is 1.97 bits per heavy atom. The number of rotatable bonds is 5. The van der Waals surface area contributed by atoms with Gasteiger partial charge in [-0.05, 0) is 67.7 Å². The van der Waals surface area contributed by atoms with Crippen LogP contribution in [0.1, 0.15) is 49.7 Å². The minimum Gasteiger partial charge on any atom is -0.342 e. The van der Waals surface area contributed by atoms with Gasteiger partial charge in [-0.1, -0.05) is 36.4 Å². The molecule has 0 N–H and O–H groups in total. The van der Waals surface area contributed by atoms with Gasteiger partial charge < -0.3 is 4.90 Å². The van der Waals surface area contributed by atoms with Crippen molar-refractivity contribution in [2.45, 2.75) is 50.2 Å². The van der Waals surface area contributed by atoms with Gasteiger partial charge in [-0.15, -0.1) is 0 Å². The molecule has 2 aromatic carbocycles. The van der Waals surface area contributed by atoms with Crippen molar-refractivity contribution in [3.8, 4) is 11.1 Å². The Morgan fingerprint density at radius 1 is 0.889 bits per heavy atom. The molecule has 1 saturated heterocycles. The van der Waals surface area contributed by atoms with Gasteiger partial charge in [-0.2, -0.15) is 13.2 Å². The number of carbonyl (C=O) groups excluding carboxylic acids is 2. The van der Waals surface area contributed by atoms with Crippen molar-refractivity contribution in [3.05, 3.63) is 59.7 Å². The monoisotopic (exact) mass is 495 g/mol. The van der Waals surface area contributed by atoms with E-state index in [2.05, 4.69) is 0 Å². The summed E-state index contributed by atoms with van der Waals surface area (Å²) in [7, 11) is 0. The molecule has 4 aliphatic rings. The predicted molar refractivity (Wildman–Crippen MR) is 129 cm³/mol. The number of hydrogen-bond donors (Lipinski definition) is 0. The first-order valence-electron chi connectivity index (χ1n) is 12.7. The van der Waals surface area contributed by atoms with Crippen LogP contribution in [0.5, 0.6) is 0 Å². The summed E-state index contributed by atoms with van der Waals surface area (Å²) in [6.07, 6.45) is 0.973. The topological polar surface area (TPSA) is 53.0 Å². The Balaban J connectivity index is 1.16. The Labute approximate surface area is 208 Å². The summed E-state index contributed by atoms with van der Waals surface area (Å²) in [5.41, 5.74) is 1.06. The molecule has 2 saturated carbocycles. The summed E-state index contributed by atoms with van der Waals surface area (Å²) in [5.74, 6) is 1.61. The number of aliphatic imine (C=N–C) groups is 1. The lowest BCUT2D eigenvalue weighted by atomic mass is 9.95. The fourth-order valence-electron chi connectivity index (χ4n) is 5.34. The average molecular weight is 496 g/mol. The van der Waals surface area contributed by atoms with Gasteiger partial charge >= 0.3 is 6.18 Å². The zero-order chi connectivity index (χ0) is 25.1. The Kier molecular flexibility index (Phi) is 5.46. The van der Waals surface area contributed by atoms with E-state index in [0.29, 0.717) is 23.9 Å². The van der Waals surface area contributed by atoms with Crippen LogP contribution >= 0.6 is 0 Å². The van der Waals surface area contributed by atoms with Crippen LogP contribution in [0.3, 0.4) is 0 Å². The average Bonchev–Trinajstić information content (AvgIpc) is 3.81. The quantitative estimate of drug-likeness (QED) is 0.577. The number of amidine groups is 1. The van der Waals surface area contributed by atoms with Crippen LogP contribution in [-0.2, 0) is 15.8 Å². The first-order chi connectivity index (χ1) is 17.2. The molecule has 0 radical (unpaired) electrons.